The summed E-state index contributed by atoms with van der Waals surface area (Å²) in [7, 11) is 1.53. The average molecular weight is 295 g/mol. The lowest BCUT2D eigenvalue weighted by atomic mass is 9.96. The van der Waals surface area contributed by atoms with Crippen molar-refractivity contribution in [1.29, 1.82) is 0 Å². The van der Waals surface area contributed by atoms with E-state index in [2.05, 4.69) is 20.5 Å². The molecular weight excluding hydrogens is 274 g/mol. The van der Waals surface area contributed by atoms with Crippen LogP contribution in [0.3, 0.4) is 0 Å². The second-order valence-corrected chi connectivity index (χ2v) is 5.96. The lowest BCUT2D eigenvalue weighted by molar-refractivity contribution is -0.130. The summed E-state index contributed by atoms with van der Waals surface area (Å²) in [5.41, 5.74) is -0.225. The highest BCUT2D eigenvalue weighted by Crippen LogP contribution is 2.18. The van der Waals surface area contributed by atoms with Crippen LogP contribution in [0.25, 0.3) is 0 Å². The molecule has 21 heavy (non-hydrogen) atoms. The van der Waals surface area contributed by atoms with Crippen LogP contribution in [0.15, 0.2) is 0 Å². The first-order valence-corrected chi connectivity index (χ1v) is 6.87. The van der Waals surface area contributed by atoms with Crippen molar-refractivity contribution < 1.29 is 14.3 Å². The van der Waals surface area contributed by atoms with Crippen molar-refractivity contribution in [3.63, 3.8) is 0 Å². The van der Waals surface area contributed by atoms with E-state index in [4.69, 9.17) is 4.74 Å². The van der Waals surface area contributed by atoms with Crippen molar-refractivity contribution in [2.45, 2.75) is 32.2 Å². The summed E-state index contributed by atoms with van der Waals surface area (Å²) in [6.07, 6.45) is 0. The quantitative estimate of drug-likeness (QED) is 0.779. The highest BCUT2D eigenvalue weighted by molar-refractivity contribution is 5.95. The standard InChI is InChI=1S/C13H21N5O3/c1-13(2,3)12-15-9(16-17-12)11(20)18-5-6-21-7-8(18)10(19)14-4/h8H,5-7H2,1-4H3,(H,14,19)(H,15,16,17). The Kier molecular flexibility index (Phi) is 4.26. The number of carbonyl (C=O) groups excluding carboxylic acids is 2. The Labute approximate surface area is 123 Å². The van der Waals surface area contributed by atoms with Crippen molar-refractivity contribution in [3.8, 4) is 0 Å². The lowest BCUT2D eigenvalue weighted by Gasteiger charge is -2.33. The van der Waals surface area contributed by atoms with Gasteiger partial charge in [-0.15, -0.1) is 5.10 Å². The minimum absolute atomic E-state index is 0.0794. The molecule has 1 saturated heterocycles. The molecule has 1 aliphatic rings. The molecule has 1 fully saturated rings. The van der Waals surface area contributed by atoms with Crippen LogP contribution in [0.2, 0.25) is 0 Å². The van der Waals surface area contributed by atoms with Gasteiger partial charge < -0.3 is 15.0 Å². The molecule has 8 heteroatoms. The number of morpholine rings is 1. The third-order valence-corrected chi connectivity index (χ3v) is 3.33. The summed E-state index contributed by atoms with van der Waals surface area (Å²) in [6, 6.07) is -0.646. The Hall–Kier alpha value is -1.96. The molecule has 1 aliphatic heterocycles. The number of aromatic nitrogens is 3. The molecule has 2 N–H and O–H groups in total. The summed E-state index contributed by atoms with van der Waals surface area (Å²) in [5, 5.41) is 9.30. The molecule has 2 heterocycles. The Morgan fingerprint density at radius 1 is 1.43 bits per heavy atom. The van der Waals surface area contributed by atoms with Gasteiger partial charge in [-0.3, -0.25) is 14.7 Å². The maximum Gasteiger partial charge on any atom is 0.294 e. The fourth-order valence-corrected chi connectivity index (χ4v) is 2.05. The molecule has 0 saturated carbocycles. The fourth-order valence-electron chi connectivity index (χ4n) is 2.05. The first-order chi connectivity index (χ1) is 9.84. The van der Waals surface area contributed by atoms with Crippen LogP contribution in [0.4, 0.5) is 0 Å². The number of rotatable bonds is 2. The molecule has 1 aromatic heterocycles. The monoisotopic (exact) mass is 295 g/mol. The summed E-state index contributed by atoms with van der Waals surface area (Å²) in [4.78, 5) is 30.1. The minimum Gasteiger partial charge on any atom is -0.377 e. The van der Waals surface area contributed by atoms with Crippen LogP contribution in [0.1, 0.15) is 37.2 Å². The van der Waals surface area contributed by atoms with E-state index in [-0.39, 0.29) is 29.7 Å². The molecule has 1 unspecified atom stereocenters. The second kappa shape index (κ2) is 5.80. The van der Waals surface area contributed by atoms with Crippen molar-refractivity contribution in [2.24, 2.45) is 0 Å². The van der Waals surface area contributed by atoms with Gasteiger partial charge in [-0.25, -0.2) is 4.98 Å². The number of carbonyl (C=O) groups is 2. The van der Waals surface area contributed by atoms with Crippen LogP contribution < -0.4 is 5.32 Å². The number of likely N-dealkylation sites (N-methyl/N-ethyl adjacent to an activating group) is 1. The van der Waals surface area contributed by atoms with Gasteiger partial charge in [0.15, 0.2) is 0 Å². The molecule has 116 valence electrons. The van der Waals surface area contributed by atoms with Gasteiger partial charge >= 0.3 is 0 Å². The van der Waals surface area contributed by atoms with Crippen LogP contribution >= 0.6 is 0 Å². The van der Waals surface area contributed by atoms with Crippen LogP contribution in [0, 0.1) is 0 Å². The Bertz CT molecular complexity index is 534. The van der Waals surface area contributed by atoms with E-state index in [9.17, 15) is 9.59 Å². The van der Waals surface area contributed by atoms with E-state index < -0.39 is 6.04 Å². The normalized spacial score (nSPS) is 19.4. The molecule has 1 atom stereocenters. The van der Waals surface area contributed by atoms with E-state index in [0.717, 1.165) is 0 Å². The third kappa shape index (κ3) is 3.21. The molecule has 0 aliphatic carbocycles. The molecule has 0 bridgehead atoms. The van der Waals surface area contributed by atoms with Crippen LogP contribution in [-0.4, -0.2) is 64.7 Å². The Balaban J connectivity index is 2.21. The Morgan fingerprint density at radius 3 is 2.71 bits per heavy atom. The van der Waals surface area contributed by atoms with Crippen molar-refractivity contribution in [3.05, 3.63) is 11.6 Å². The SMILES string of the molecule is CNC(=O)C1COCCN1C(=O)c1n[nH]c(C(C)(C)C)n1. The highest BCUT2D eigenvalue weighted by Gasteiger charge is 2.35. The largest absolute Gasteiger partial charge is 0.377 e. The van der Waals surface area contributed by atoms with E-state index in [1.54, 1.807) is 0 Å². The molecular formula is C13H21N5O3. The molecule has 0 aromatic carbocycles. The molecule has 8 nitrogen and oxygen atoms in total. The third-order valence-electron chi connectivity index (χ3n) is 3.33. The predicted molar refractivity (Wildman–Crippen MR) is 74.8 cm³/mol. The number of nitrogens with zero attached hydrogens (tertiary/aromatic N) is 3. The summed E-state index contributed by atoms with van der Waals surface area (Å²) in [6.45, 7) is 6.85. The molecule has 2 amide bonds. The van der Waals surface area contributed by atoms with Crippen molar-refractivity contribution in [2.75, 3.05) is 26.8 Å². The first kappa shape index (κ1) is 15.4. The molecule has 2 rings (SSSR count). The van der Waals surface area contributed by atoms with Gasteiger partial charge in [-0.05, 0) is 0 Å². The van der Waals surface area contributed by atoms with Gasteiger partial charge in [-0.1, -0.05) is 20.8 Å². The lowest BCUT2D eigenvalue weighted by Crippen LogP contribution is -2.55. The van der Waals surface area contributed by atoms with Gasteiger partial charge in [0.05, 0.1) is 13.2 Å². The molecule has 1 aromatic rings. The van der Waals surface area contributed by atoms with Gasteiger partial charge in [-0.2, -0.15) is 0 Å². The Morgan fingerprint density at radius 2 is 2.14 bits per heavy atom. The number of aromatic amines is 1. The first-order valence-electron chi connectivity index (χ1n) is 6.87. The van der Waals surface area contributed by atoms with Gasteiger partial charge in [0, 0.05) is 19.0 Å². The maximum absolute atomic E-state index is 12.5. The van der Waals surface area contributed by atoms with Crippen LogP contribution in [0.5, 0.6) is 0 Å². The van der Waals surface area contributed by atoms with Gasteiger partial charge in [0.1, 0.15) is 11.9 Å². The summed E-state index contributed by atoms with van der Waals surface area (Å²) in [5.74, 6) is 0.0969. The second-order valence-electron chi connectivity index (χ2n) is 5.96. The molecule has 0 spiro atoms. The number of amides is 2. The van der Waals surface area contributed by atoms with E-state index in [1.807, 2.05) is 20.8 Å². The fraction of sp³-hybridized carbons (Fsp3) is 0.692. The number of hydrogen-bond acceptors (Lipinski definition) is 5. The maximum atomic E-state index is 12.5. The zero-order chi connectivity index (χ0) is 15.6. The molecule has 0 radical (unpaired) electrons. The number of H-pyrrole nitrogens is 1. The topological polar surface area (TPSA) is 100 Å². The predicted octanol–water partition coefficient (Wildman–Crippen LogP) is -0.311. The van der Waals surface area contributed by atoms with E-state index in [0.29, 0.717) is 19.0 Å². The average Bonchev–Trinajstić information content (AvgIpc) is 2.95. The van der Waals surface area contributed by atoms with Crippen molar-refractivity contribution in [1.82, 2.24) is 25.4 Å². The van der Waals surface area contributed by atoms with E-state index >= 15 is 0 Å². The summed E-state index contributed by atoms with van der Waals surface area (Å²) < 4.78 is 5.28. The van der Waals surface area contributed by atoms with E-state index in [1.165, 1.54) is 11.9 Å². The van der Waals surface area contributed by atoms with Crippen LogP contribution in [-0.2, 0) is 14.9 Å². The number of hydrogen-bond donors (Lipinski definition) is 2. The zero-order valence-corrected chi connectivity index (χ0v) is 12.8. The highest BCUT2D eigenvalue weighted by atomic mass is 16.5. The minimum atomic E-state index is -0.646. The zero-order valence-electron chi connectivity index (χ0n) is 12.8. The smallest absolute Gasteiger partial charge is 0.294 e. The van der Waals surface area contributed by atoms with Gasteiger partial charge in [0.2, 0.25) is 11.7 Å². The van der Waals surface area contributed by atoms with Gasteiger partial charge in [0.25, 0.3) is 5.91 Å². The van der Waals surface area contributed by atoms with Crippen molar-refractivity contribution >= 4 is 11.8 Å². The number of ether oxygens (including phenoxy) is 1. The number of nitrogens with one attached hydrogen (secondary N) is 2. The summed E-state index contributed by atoms with van der Waals surface area (Å²) >= 11 is 0.